The lowest BCUT2D eigenvalue weighted by Gasteiger charge is -2.22. The minimum atomic E-state index is -4.33. The lowest BCUT2D eigenvalue weighted by molar-refractivity contribution is -0.137. The third-order valence-corrected chi connectivity index (χ3v) is 6.49. The molecule has 0 radical (unpaired) electrons. The van der Waals surface area contributed by atoms with E-state index >= 15 is 0 Å². The van der Waals surface area contributed by atoms with E-state index in [-0.39, 0.29) is 5.41 Å². The molecule has 0 N–H and O–H groups in total. The van der Waals surface area contributed by atoms with Crippen LogP contribution in [0.3, 0.4) is 0 Å². The zero-order valence-electron chi connectivity index (χ0n) is 20.4. The highest BCUT2D eigenvalue weighted by molar-refractivity contribution is 5.91. The Morgan fingerprint density at radius 1 is 0.583 bits per heavy atom. The van der Waals surface area contributed by atoms with Gasteiger partial charge in [-0.15, -0.1) is 0 Å². The molecular weight excluding hydrogens is 455 g/mol. The largest absolute Gasteiger partial charge is 0.416 e. The summed E-state index contributed by atoms with van der Waals surface area (Å²) in [6, 6.07) is 30.0. The molecule has 1 aromatic heterocycles. The molecule has 0 bridgehead atoms. The number of pyridine rings is 1. The highest BCUT2D eigenvalue weighted by Crippen LogP contribution is 2.36. The molecule has 180 valence electrons. The minimum absolute atomic E-state index is 0.0125. The topological polar surface area (TPSA) is 12.9 Å². The van der Waals surface area contributed by atoms with Crippen LogP contribution in [0.2, 0.25) is 0 Å². The maximum atomic E-state index is 12.9. The van der Waals surface area contributed by atoms with Gasteiger partial charge in [-0.05, 0) is 80.4 Å². The Balaban J connectivity index is 1.48. The smallest absolute Gasteiger partial charge is 0.256 e. The fraction of sp³-hybridized carbons (Fsp3) is 0.156. The Morgan fingerprint density at radius 3 is 1.78 bits per heavy atom. The average molecular weight is 482 g/mol. The predicted octanol–water partition coefficient (Wildman–Crippen LogP) is 9.55. The summed E-state index contributed by atoms with van der Waals surface area (Å²) in [6.45, 7) is 6.67. The van der Waals surface area contributed by atoms with Crippen LogP contribution in [0.5, 0.6) is 0 Å². The van der Waals surface area contributed by atoms with Gasteiger partial charge < -0.3 is 0 Å². The fourth-order valence-electron chi connectivity index (χ4n) is 4.55. The highest BCUT2D eigenvalue weighted by atomic mass is 19.4. The number of hydrogen-bond donors (Lipinski definition) is 0. The van der Waals surface area contributed by atoms with Crippen molar-refractivity contribution in [2.24, 2.45) is 0 Å². The van der Waals surface area contributed by atoms with Crippen molar-refractivity contribution in [2.45, 2.75) is 32.4 Å². The van der Waals surface area contributed by atoms with E-state index in [1.165, 1.54) is 28.5 Å². The Kier molecular flexibility index (Phi) is 5.91. The first-order valence-corrected chi connectivity index (χ1v) is 11.9. The lowest BCUT2D eigenvalue weighted by atomic mass is 9.82. The summed E-state index contributed by atoms with van der Waals surface area (Å²) in [5.41, 5.74) is 6.26. The Hall–Kier alpha value is -3.92. The van der Waals surface area contributed by atoms with Gasteiger partial charge in [-0.1, -0.05) is 81.4 Å². The molecule has 4 heteroatoms. The number of halogens is 3. The van der Waals surface area contributed by atoms with E-state index in [2.05, 4.69) is 68.2 Å². The van der Waals surface area contributed by atoms with Crippen molar-refractivity contribution in [3.63, 3.8) is 0 Å². The molecule has 1 nitrogen and oxygen atoms in total. The van der Waals surface area contributed by atoms with Crippen molar-refractivity contribution >= 4 is 10.8 Å². The second-order valence-corrected chi connectivity index (χ2v) is 10.1. The van der Waals surface area contributed by atoms with E-state index in [0.717, 1.165) is 45.6 Å². The van der Waals surface area contributed by atoms with Crippen LogP contribution in [0.15, 0.2) is 103 Å². The number of fused-ring (bicyclic) bond motifs is 1. The fourth-order valence-corrected chi connectivity index (χ4v) is 4.55. The van der Waals surface area contributed by atoms with Gasteiger partial charge in [0.15, 0.2) is 0 Å². The monoisotopic (exact) mass is 481 g/mol. The number of aromatic nitrogens is 1. The van der Waals surface area contributed by atoms with Gasteiger partial charge in [0, 0.05) is 11.8 Å². The predicted molar refractivity (Wildman–Crippen MR) is 142 cm³/mol. The molecule has 0 aliphatic heterocycles. The first kappa shape index (κ1) is 23.8. The zero-order chi connectivity index (χ0) is 25.5. The molecule has 4 aromatic carbocycles. The summed E-state index contributed by atoms with van der Waals surface area (Å²) >= 11 is 0. The highest BCUT2D eigenvalue weighted by Gasteiger charge is 2.30. The molecule has 0 amide bonds. The molecule has 0 saturated carbocycles. The van der Waals surface area contributed by atoms with Crippen LogP contribution in [0.25, 0.3) is 44.3 Å². The Morgan fingerprint density at radius 2 is 1.17 bits per heavy atom. The van der Waals surface area contributed by atoms with E-state index in [1.807, 2.05) is 36.5 Å². The number of benzene rings is 4. The van der Waals surface area contributed by atoms with E-state index in [0.29, 0.717) is 0 Å². The normalized spacial score (nSPS) is 12.2. The second kappa shape index (κ2) is 8.94. The van der Waals surface area contributed by atoms with Gasteiger partial charge in [-0.25, -0.2) is 0 Å². The van der Waals surface area contributed by atoms with Crippen molar-refractivity contribution in [3.05, 3.63) is 114 Å². The molecule has 0 fully saturated rings. The van der Waals surface area contributed by atoms with Crippen molar-refractivity contribution in [1.82, 2.24) is 4.98 Å². The van der Waals surface area contributed by atoms with Crippen LogP contribution in [0, 0.1) is 0 Å². The van der Waals surface area contributed by atoms with Gasteiger partial charge in [0.05, 0.1) is 11.3 Å². The molecule has 0 aliphatic rings. The van der Waals surface area contributed by atoms with E-state index in [4.69, 9.17) is 0 Å². The number of nitrogens with zero attached hydrogens (tertiary/aromatic N) is 1. The van der Waals surface area contributed by atoms with Crippen LogP contribution < -0.4 is 0 Å². The second-order valence-electron chi connectivity index (χ2n) is 10.1. The molecule has 0 saturated heterocycles. The molecule has 36 heavy (non-hydrogen) atoms. The Bertz CT molecular complexity index is 1520. The summed E-state index contributed by atoms with van der Waals surface area (Å²) in [7, 11) is 0. The number of hydrogen-bond acceptors (Lipinski definition) is 1. The number of rotatable bonds is 3. The summed E-state index contributed by atoms with van der Waals surface area (Å²) in [5.74, 6) is 0. The van der Waals surface area contributed by atoms with E-state index in [1.54, 1.807) is 0 Å². The lowest BCUT2D eigenvalue weighted by Crippen LogP contribution is -2.12. The van der Waals surface area contributed by atoms with Gasteiger partial charge in [0.25, 0.3) is 0 Å². The van der Waals surface area contributed by atoms with Crippen molar-refractivity contribution in [2.75, 3.05) is 0 Å². The number of alkyl halides is 3. The Labute approximate surface area is 209 Å². The van der Waals surface area contributed by atoms with Crippen LogP contribution in [-0.2, 0) is 11.6 Å². The van der Waals surface area contributed by atoms with E-state index in [9.17, 15) is 13.2 Å². The molecule has 0 unspecified atom stereocenters. The molecular formula is C32H26F3N. The first-order valence-electron chi connectivity index (χ1n) is 11.9. The summed E-state index contributed by atoms with van der Waals surface area (Å²) in [5, 5.41) is 2.44. The van der Waals surface area contributed by atoms with Crippen LogP contribution >= 0.6 is 0 Å². The maximum Gasteiger partial charge on any atom is 0.416 e. The first-order chi connectivity index (χ1) is 17.1. The van der Waals surface area contributed by atoms with Gasteiger partial charge in [-0.2, -0.15) is 13.2 Å². The van der Waals surface area contributed by atoms with Gasteiger partial charge in [-0.3, -0.25) is 4.98 Å². The van der Waals surface area contributed by atoms with Gasteiger partial charge in [0.2, 0.25) is 0 Å². The summed E-state index contributed by atoms with van der Waals surface area (Å²) in [4.78, 5) is 4.67. The van der Waals surface area contributed by atoms with Gasteiger partial charge in [0.1, 0.15) is 0 Å². The SMILES string of the molecule is CC(C)(C)c1cc(-c2cc(-c3ccc(-c4ccc(C(F)(F)F)cc4)cc3)ccn2)cc2ccccc12. The summed E-state index contributed by atoms with van der Waals surface area (Å²) in [6.07, 6.45) is -2.51. The molecule has 5 aromatic rings. The molecule has 1 heterocycles. The maximum absolute atomic E-state index is 12.9. The van der Waals surface area contributed by atoms with Crippen LogP contribution in [0.4, 0.5) is 13.2 Å². The van der Waals surface area contributed by atoms with Crippen molar-refractivity contribution in [1.29, 1.82) is 0 Å². The molecule has 0 spiro atoms. The standard InChI is InChI=1S/C32H26F3N/c1-31(2,3)29-19-26(18-25-6-4-5-7-28(25)29)30-20-24(16-17-36-30)23-10-8-21(9-11-23)22-12-14-27(15-13-22)32(33,34)35/h4-20H,1-3H3. The summed E-state index contributed by atoms with van der Waals surface area (Å²) < 4.78 is 38.6. The van der Waals surface area contributed by atoms with E-state index < -0.39 is 11.7 Å². The molecule has 0 atom stereocenters. The minimum Gasteiger partial charge on any atom is -0.256 e. The molecule has 0 aliphatic carbocycles. The third-order valence-electron chi connectivity index (χ3n) is 6.49. The van der Waals surface area contributed by atoms with Crippen molar-refractivity contribution in [3.8, 4) is 33.5 Å². The van der Waals surface area contributed by atoms with Gasteiger partial charge >= 0.3 is 6.18 Å². The third kappa shape index (κ3) is 4.76. The molecule has 5 rings (SSSR count). The zero-order valence-corrected chi connectivity index (χ0v) is 20.4. The quantitative estimate of drug-likeness (QED) is 0.250. The van der Waals surface area contributed by atoms with Crippen LogP contribution in [-0.4, -0.2) is 4.98 Å². The van der Waals surface area contributed by atoms with Crippen molar-refractivity contribution < 1.29 is 13.2 Å². The van der Waals surface area contributed by atoms with Crippen LogP contribution in [0.1, 0.15) is 31.9 Å². The average Bonchev–Trinajstić information content (AvgIpc) is 2.87.